The Kier molecular flexibility index (Phi) is 5.00. The van der Waals surface area contributed by atoms with E-state index in [0.717, 1.165) is 17.4 Å². The lowest BCUT2D eigenvalue weighted by molar-refractivity contribution is -0.108. The Labute approximate surface area is 173 Å². The van der Waals surface area contributed by atoms with E-state index in [1.54, 1.807) is 36.4 Å². The van der Waals surface area contributed by atoms with Gasteiger partial charge in [-0.3, -0.25) is 0 Å². The first-order valence-electron chi connectivity index (χ1n) is 8.74. The third-order valence-corrected chi connectivity index (χ3v) is 5.90. The van der Waals surface area contributed by atoms with Crippen LogP contribution in [-0.2, 0) is 14.8 Å². The van der Waals surface area contributed by atoms with Gasteiger partial charge in [-0.15, -0.1) is 0 Å². The van der Waals surface area contributed by atoms with E-state index in [0.29, 0.717) is 27.7 Å². The zero-order chi connectivity index (χ0) is 20.6. The highest BCUT2D eigenvalue weighted by atomic mass is 35.5. The normalized spacial score (nSPS) is 16.1. The molecule has 0 aliphatic carbocycles. The topological polar surface area (TPSA) is 86.5 Å². The fraction of sp³-hybridized carbons (Fsp3) is 0.0455. The van der Waals surface area contributed by atoms with E-state index in [-0.39, 0.29) is 4.90 Å². The van der Waals surface area contributed by atoms with Gasteiger partial charge in [0.25, 0.3) is 0 Å². The molecule has 0 saturated carbocycles. The molecule has 4 rings (SSSR count). The maximum absolute atomic E-state index is 12.1. The van der Waals surface area contributed by atoms with Crippen LogP contribution in [0.25, 0.3) is 11.3 Å². The zero-order valence-electron chi connectivity index (χ0n) is 15.1. The Hall–Kier alpha value is -2.93. The molecular formula is C22H16ClNO4S. The van der Waals surface area contributed by atoms with Gasteiger partial charge in [-0.1, -0.05) is 41.9 Å². The summed E-state index contributed by atoms with van der Waals surface area (Å²) in [6, 6.07) is 20.5. The molecule has 0 saturated heterocycles. The van der Waals surface area contributed by atoms with E-state index < -0.39 is 15.9 Å². The molecule has 7 heteroatoms. The van der Waals surface area contributed by atoms with Crippen LogP contribution in [0.5, 0.6) is 5.75 Å². The highest BCUT2D eigenvalue weighted by Crippen LogP contribution is 2.46. The third-order valence-electron chi connectivity index (χ3n) is 4.74. The summed E-state index contributed by atoms with van der Waals surface area (Å²) in [6.45, 7) is 0. The van der Waals surface area contributed by atoms with E-state index in [2.05, 4.69) is 0 Å². The van der Waals surface area contributed by atoms with Gasteiger partial charge in [0.15, 0.2) is 0 Å². The number of hydrogen-bond acceptors (Lipinski definition) is 4. The number of halogens is 1. The Morgan fingerprint density at radius 3 is 2.31 bits per heavy atom. The number of nitrogens with two attached hydrogens (primary N) is 1. The number of rotatable bonds is 4. The molecule has 0 bridgehead atoms. The molecule has 0 spiro atoms. The average Bonchev–Trinajstić information content (AvgIpc) is 2.71. The van der Waals surface area contributed by atoms with Gasteiger partial charge >= 0.3 is 0 Å². The average molecular weight is 426 g/mol. The quantitative estimate of drug-likeness (QED) is 0.633. The number of para-hydroxylation sites is 1. The molecular weight excluding hydrogens is 410 g/mol. The summed E-state index contributed by atoms with van der Waals surface area (Å²) in [6.07, 6.45) is 0.871. The standard InChI is InChI=1S/C22H16ClNO4S/c23-16-5-3-4-15(12-16)21-19(13-25)18-6-1-2-7-20(18)28-22(21)14-8-10-17(11-9-14)29(24,26)27/h1-13,19H,(H2,24,26,27). The fourth-order valence-corrected chi connectivity index (χ4v) is 4.12. The van der Waals surface area contributed by atoms with Gasteiger partial charge in [-0.2, -0.15) is 0 Å². The van der Waals surface area contributed by atoms with Crippen LogP contribution < -0.4 is 9.88 Å². The maximum Gasteiger partial charge on any atom is 0.238 e. The van der Waals surface area contributed by atoms with Crippen LogP contribution >= 0.6 is 11.6 Å². The van der Waals surface area contributed by atoms with Crippen molar-refractivity contribution in [2.24, 2.45) is 5.14 Å². The van der Waals surface area contributed by atoms with Crippen LogP contribution in [0.15, 0.2) is 77.7 Å². The number of primary sulfonamides is 1. The van der Waals surface area contributed by atoms with Crippen LogP contribution in [0.3, 0.4) is 0 Å². The molecule has 1 aliphatic heterocycles. The van der Waals surface area contributed by atoms with E-state index in [9.17, 15) is 13.2 Å². The number of hydrogen-bond donors (Lipinski definition) is 1. The minimum Gasteiger partial charge on any atom is -0.456 e. The van der Waals surface area contributed by atoms with Gasteiger partial charge < -0.3 is 9.53 Å². The summed E-state index contributed by atoms with van der Waals surface area (Å²) >= 11 is 6.19. The van der Waals surface area contributed by atoms with Gasteiger partial charge in [-0.25, -0.2) is 13.6 Å². The van der Waals surface area contributed by atoms with Gasteiger partial charge in [0.1, 0.15) is 17.8 Å². The maximum atomic E-state index is 12.1. The van der Waals surface area contributed by atoms with Crippen molar-refractivity contribution in [2.45, 2.75) is 10.8 Å². The van der Waals surface area contributed by atoms with Gasteiger partial charge in [0, 0.05) is 21.7 Å². The van der Waals surface area contributed by atoms with Crippen LogP contribution in [0.2, 0.25) is 5.02 Å². The van der Waals surface area contributed by atoms with Gasteiger partial charge in [-0.05, 0) is 48.0 Å². The molecule has 5 nitrogen and oxygen atoms in total. The third kappa shape index (κ3) is 3.70. The lowest BCUT2D eigenvalue weighted by atomic mass is 9.83. The summed E-state index contributed by atoms with van der Waals surface area (Å²) in [7, 11) is -3.82. The molecule has 3 aromatic rings. The Morgan fingerprint density at radius 1 is 0.931 bits per heavy atom. The number of allylic oxidation sites excluding steroid dienone is 1. The number of benzene rings is 3. The van der Waals surface area contributed by atoms with Crippen molar-refractivity contribution < 1.29 is 17.9 Å². The van der Waals surface area contributed by atoms with Gasteiger partial charge in [0.05, 0.1) is 10.8 Å². The van der Waals surface area contributed by atoms with Crippen LogP contribution in [0.4, 0.5) is 0 Å². The van der Waals surface area contributed by atoms with Crippen LogP contribution in [-0.4, -0.2) is 14.7 Å². The van der Waals surface area contributed by atoms with Crippen molar-refractivity contribution in [2.75, 3.05) is 0 Å². The molecule has 146 valence electrons. The van der Waals surface area contributed by atoms with Crippen molar-refractivity contribution >= 4 is 39.2 Å². The second kappa shape index (κ2) is 7.48. The first-order valence-corrected chi connectivity index (χ1v) is 10.7. The lowest BCUT2D eigenvalue weighted by Crippen LogP contribution is -2.16. The highest BCUT2D eigenvalue weighted by Gasteiger charge is 2.31. The van der Waals surface area contributed by atoms with E-state index in [4.69, 9.17) is 21.5 Å². The highest BCUT2D eigenvalue weighted by molar-refractivity contribution is 7.89. The van der Waals surface area contributed by atoms with E-state index >= 15 is 0 Å². The predicted octanol–water partition coefficient (Wildman–Crippen LogP) is 4.23. The number of aldehydes is 1. The van der Waals surface area contributed by atoms with Gasteiger partial charge in [0.2, 0.25) is 10.0 Å². The van der Waals surface area contributed by atoms with Crippen LogP contribution in [0, 0.1) is 0 Å². The largest absolute Gasteiger partial charge is 0.456 e. The van der Waals surface area contributed by atoms with Crippen molar-refractivity contribution in [1.82, 2.24) is 0 Å². The number of carbonyl (C=O) groups is 1. The van der Waals surface area contributed by atoms with Crippen molar-refractivity contribution in [1.29, 1.82) is 0 Å². The second-order valence-corrected chi connectivity index (χ2v) is 8.57. The monoisotopic (exact) mass is 425 g/mol. The Balaban J connectivity index is 1.96. The molecule has 0 radical (unpaired) electrons. The molecule has 1 atom stereocenters. The van der Waals surface area contributed by atoms with Crippen molar-refractivity contribution in [3.63, 3.8) is 0 Å². The van der Waals surface area contributed by atoms with Crippen LogP contribution in [0.1, 0.15) is 22.6 Å². The summed E-state index contributed by atoms with van der Waals surface area (Å²) in [5.74, 6) is 0.469. The molecule has 3 aromatic carbocycles. The molecule has 1 unspecified atom stereocenters. The minimum absolute atomic E-state index is 0.00528. The van der Waals surface area contributed by atoms with E-state index in [1.807, 2.05) is 24.3 Å². The number of sulfonamides is 1. The molecule has 1 aliphatic rings. The van der Waals surface area contributed by atoms with Crippen molar-refractivity contribution in [3.05, 3.63) is 94.5 Å². The number of carbonyl (C=O) groups excluding carboxylic acids is 1. The van der Waals surface area contributed by atoms with E-state index in [1.165, 1.54) is 12.1 Å². The summed E-state index contributed by atoms with van der Waals surface area (Å²) in [5.41, 5.74) is 2.77. The summed E-state index contributed by atoms with van der Waals surface area (Å²) in [5, 5.41) is 5.73. The molecule has 0 aromatic heterocycles. The SMILES string of the molecule is NS(=O)(=O)c1ccc(C2=C(c3cccc(Cl)c3)C(C=O)c3ccccc3O2)cc1. The lowest BCUT2D eigenvalue weighted by Gasteiger charge is -2.28. The second-order valence-electron chi connectivity index (χ2n) is 6.58. The predicted molar refractivity (Wildman–Crippen MR) is 112 cm³/mol. The minimum atomic E-state index is -3.82. The molecule has 29 heavy (non-hydrogen) atoms. The molecule has 2 N–H and O–H groups in total. The molecule has 0 fully saturated rings. The number of ether oxygens (including phenoxy) is 1. The smallest absolute Gasteiger partial charge is 0.238 e. The van der Waals surface area contributed by atoms with Crippen molar-refractivity contribution in [3.8, 4) is 5.75 Å². The molecule has 0 amide bonds. The summed E-state index contributed by atoms with van der Waals surface area (Å²) < 4.78 is 29.3. The first-order chi connectivity index (χ1) is 13.9. The first kappa shape index (κ1) is 19.4. The Bertz CT molecular complexity index is 1230. The molecule has 1 heterocycles. The Morgan fingerprint density at radius 2 is 1.66 bits per heavy atom. The fourth-order valence-electron chi connectivity index (χ4n) is 3.41. The zero-order valence-corrected chi connectivity index (χ0v) is 16.7. The number of fused-ring (bicyclic) bond motifs is 1. The summed E-state index contributed by atoms with van der Waals surface area (Å²) in [4.78, 5) is 12.1.